The Kier molecular flexibility index (Phi) is 7.52. The Morgan fingerprint density at radius 2 is 0.703 bits per heavy atom. The Balaban J connectivity index is 2.70. The first-order valence-corrected chi connectivity index (χ1v) is 10.1. The maximum absolute atomic E-state index is 15.1. The number of hydrogen-bond acceptors (Lipinski definition) is 0. The molecule has 0 amide bonds. The Hall–Kier alpha value is -3.70. The SMILES string of the molecule is C=Cc1c(F)c(F)c(C(c2c(F)c(F)c(C=C)c(F)c2F)c2c(F)c(F)c(CC)c(F)c2F)c(F)c1F. The molecule has 0 aromatic heterocycles. The zero-order valence-electron chi connectivity index (χ0n) is 18.4. The maximum atomic E-state index is 15.1. The summed E-state index contributed by atoms with van der Waals surface area (Å²) in [6, 6.07) is 0. The van der Waals surface area contributed by atoms with Crippen molar-refractivity contribution in [2.24, 2.45) is 0 Å². The summed E-state index contributed by atoms with van der Waals surface area (Å²) in [7, 11) is 0. The fraction of sp³-hybridized carbons (Fsp3) is 0.120. The van der Waals surface area contributed by atoms with Gasteiger partial charge in [-0.25, -0.2) is 52.7 Å². The van der Waals surface area contributed by atoms with Gasteiger partial charge in [-0.2, -0.15) is 0 Å². The molecule has 0 bridgehead atoms. The van der Waals surface area contributed by atoms with E-state index in [0.29, 0.717) is 0 Å². The minimum atomic E-state index is -3.53. The first-order chi connectivity index (χ1) is 17.3. The molecule has 3 aromatic rings. The molecule has 0 fully saturated rings. The van der Waals surface area contributed by atoms with E-state index in [-0.39, 0.29) is 12.2 Å². The average molecular weight is 540 g/mol. The van der Waals surface area contributed by atoms with E-state index in [2.05, 4.69) is 13.2 Å². The van der Waals surface area contributed by atoms with Crippen molar-refractivity contribution >= 4 is 12.2 Å². The Morgan fingerprint density at radius 3 is 0.919 bits per heavy atom. The molecule has 0 nitrogen and oxygen atoms in total. The molecule has 0 aliphatic rings. The van der Waals surface area contributed by atoms with Gasteiger partial charge in [-0.05, 0) is 6.42 Å². The largest absolute Gasteiger partial charge is 0.203 e. The van der Waals surface area contributed by atoms with Crippen LogP contribution >= 0.6 is 0 Å². The average Bonchev–Trinajstić information content (AvgIpc) is 2.86. The molecule has 0 saturated carbocycles. The van der Waals surface area contributed by atoms with Gasteiger partial charge in [-0.3, -0.25) is 0 Å². The molecule has 0 radical (unpaired) electrons. The molecular weight excluding hydrogens is 528 g/mol. The van der Waals surface area contributed by atoms with Crippen molar-refractivity contribution in [3.63, 3.8) is 0 Å². The lowest BCUT2D eigenvalue weighted by Crippen LogP contribution is -2.22. The molecule has 0 aliphatic carbocycles. The van der Waals surface area contributed by atoms with Gasteiger partial charge < -0.3 is 0 Å². The minimum Gasteiger partial charge on any atom is -0.203 e. The smallest absolute Gasteiger partial charge is 0.169 e. The van der Waals surface area contributed by atoms with Crippen molar-refractivity contribution in [2.45, 2.75) is 19.3 Å². The number of hydrogen-bond donors (Lipinski definition) is 0. The fourth-order valence-electron chi connectivity index (χ4n) is 3.89. The molecule has 3 rings (SSSR count). The van der Waals surface area contributed by atoms with Crippen molar-refractivity contribution in [2.75, 3.05) is 0 Å². The van der Waals surface area contributed by atoms with Crippen LogP contribution in [0.4, 0.5) is 52.7 Å². The zero-order chi connectivity index (χ0) is 28.1. The normalized spacial score (nSPS) is 11.4. The molecule has 196 valence electrons. The lowest BCUT2D eigenvalue weighted by Gasteiger charge is -2.25. The van der Waals surface area contributed by atoms with Crippen molar-refractivity contribution in [1.29, 1.82) is 0 Å². The third-order valence-electron chi connectivity index (χ3n) is 5.68. The van der Waals surface area contributed by atoms with E-state index in [1.807, 2.05) is 0 Å². The van der Waals surface area contributed by atoms with Crippen LogP contribution in [0.1, 0.15) is 46.2 Å². The summed E-state index contributed by atoms with van der Waals surface area (Å²) in [4.78, 5) is 0. The molecule has 3 aromatic carbocycles. The van der Waals surface area contributed by atoms with E-state index >= 15 is 26.3 Å². The summed E-state index contributed by atoms with van der Waals surface area (Å²) >= 11 is 0. The molecule has 0 N–H and O–H groups in total. The van der Waals surface area contributed by atoms with Crippen molar-refractivity contribution in [3.8, 4) is 0 Å². The lowest BCUT2D eigenvalue weighted by molar-refractivity contribution is 0.396. The second kappa shape index (κ2) is 9.98. The van der Waals surface area contributed by atoms with Crippen LogP contribution in [0.5, 0.6) is 0 Å². The number of halogens is 12. The number of rotatable bonds is 6. The summed E-state index contributed by atoms with van der Waals surface area (Å²) in [5.74, 6) is -32.3. The molecule has 0 heterocycles. The summed E-state index contributed by atoms with van der Waals surface area (Å²) in [5, 5.41) is 0. The minimum absolute atomic E-state index is 0.269. The van der Waals surface area contributed by atoms with Crippen LogP contribution in [0, 0.1) is 69.8 Å². The van der Waals surface area contributed by atoms with Crippen molar-refractivity contribution in [1.82, 2.24) is 0 Å². The predicted molar refractivity (Wildman–Crippen MR) is 109 cm³/mol. The highest BCUT2D eigenvalue weighted by atomic mass is 19.2. The Labute approximate surface area is 201 Å². The topological polar surface area (TPSA) is 0 Å². The standard InChI is InChI=1S/C25H12F12/c1-4-7-14(26)20(32)11(21(33)15(7)27)10(12-22(34)16(28)8(5-2)17(29)23(12)35)13-24(36)18(30)9(6-3)19(31)25(13)37/h4-5,10H,1-2,6H2,3H3. The molecule has 12 heteroatoms. The van der Waals surface area contributed by atoms with Crippen molar-refractivity contribution in [3.05, 3.63) is 116 Å². The molecule has 0 unspecified atom stereocenters. The molecule has 0 atom stereocenters. The van der Waals surface area contributed by atoms with Crippen LogP contribution in [0.3, 0.4) is 0 Å². The van der Waals surface area contributed by atoms with E-state index in [0.717, 1.165) is 6.92 Å². The third kappa shape index (κ3) is 3.98. The number of benzene rings is 3. The van der Waals surface area contributed by atoms with Gasteiger partial charge in [0.2, 0.25) is 0 Å². The quantitative estimate of drug-likeness (QED) is 0.167. The molecular formula is C25H12F12. The Bertz CT molecular complexity index is 1310. The van der Waals surface area contributed by atoms with Gasteiger partial charge >= 0.3 is 0 Å². The van der Waals surface area contributed by atoms with Gasteiger partial charge in [0.25, 0.3) is 0 Å². The summed E-state index contributed by atoms with van der Waals surface area (Å²) in [6.45, 7) is 6.85. The van der Waals surface area contributed by atoms with Crippen LogP contribution < -0.4 is 0 Å². The highest BCUT2D eigenvalue weighted by Gasteiger charge is 2.41. The summed E-state index contributed by atoms with van der Waals surface area (Å²) < 4.78 is 177. The van der Waals surface area contributed by atoms with Crippen LogP contribution in [0.2, 0.25) is 0 Å². The maximum Gasteiger partial charge on any atom is 0.169 e. The highest BCUT2D eigenvalue weighted by Crippen LogP contribution is 2.44. The van der Waals surface area contributed by atoms with Gasteiger partial charge in [0.15, 0.2) is 69.8 Å². The van der Waals surface area contributed by atoms with E-state index in [1.165, 1.54) is 0 Å². The summed E-state index contributed by atoms with van der Waals surface area (Å²) in [6.07, 6.45) is -0.159. The highest BCUT2D eigenvalue weighted by molar-refractivity contribution is 5.57. The first kappa shape index (κ1) is 27.9. The molecule has 0 spiro atoms. The van der Waals surface area contributed by atoms with Crippen LogP contribution in [-0.2, 0) is 6.42 Å². The predicted octanol–water partition coefficient (Wildman–Crippen LogP) is 8.38. The van der Waals surface area contributed by atoms with E-state index in [9.17, 15) is 26.3 Å². The fourth-order valence-corrected chi connectivity index (χ4v) is 3.89. The van der Waals surface area contributed by atoms with E-state index in [4.69, 9.17) is 0 Å². The van der Waals surface area contributed by atoms with Gasteiger partial charge in [-0.15, -0.1) is 0 Å². The van der Waals surface area contributed by atoms with Crippen LogP contribution in [-0.4, -0.2) is 0 Å². The van der Waals surface area contributed by atoms with Gasteiger partial charge in [-0.1, -0.05) is 32.2 Å². The lowest BCUT2D eigenvalue weighted by atomic mass is 9.81. The van der Waals surface area contributed by atoms with Crippen LogP contribution in [0.25, 0.3) is 12.2 Å². The first-order valence-electron chi connectivity index (χ1n) is 10.1. The summed E-state index contributed by atoms with van der Waals surface area (Å²) in [5.41, 5.74) is -10.9. The van der Waals surface area contributed by atoms with Gasteiger partial charge in [0, 0.05) is 22.3 Å². The third-order valence-corrected chi connectivity index (χ3v) is 5.68. The van der Waals surface area contributed by atoms with E-state index < -0.39 is 116 Å². The molecule has 37 heavy (non-hydrogen) atoms. The monoisotopic (exact) mass is 540 g/mol. The zero-order valence-corrected chi connectivity index (χ0v) is 18.4. The van der Waals surface area contributed by atoms with Crippen LogP contribution in [0.15, 0.2) is 13.2 Å². The van der Waals surface area contributed by atoms with Gasteiger partial charge in [0.05, 0.1) is 17.0 Å². The van der Waals surface area contributed by atoms with Crippen molar-refractivity contribution < 1.29 is 52.7 Å². The Morgan fingerprint density at radius 1 is 0.459 bits per heavy atom. The molecule has 0 saturated heterocycles. The second-order valence-corrected chi connectivity index (χ2v) is 7.51. The second-order valence-electron chi connectivity index (χ2n) is 7.51. The molecule has 0 aliphatic heterocycles. The van der Waals surface area contributed by atoms with Gasteiger partial charge in [0.1, 0.15) is 0 Å². The van der Waals surface area contributed by atoms with E-state index in [1.54, 1.807) is 0 Å².